The summed E-state index contributed by atoms with van der Waals surface area (Å²) in [6, 6.07) is 8.71. The monoisotopic (exact) mass is 1870 g/mol. The molecule has 0 aromatic carbocycles. The van der Waals surface area contributed by atoms with Gasteiger partial charge < -0.3 is 64.2 Å². The molecule has 8 aromatic heterocycles. The highest BCUT2D eigenvalue weighted by atomic mass is 35.5. The Hall–Kier alpha value is -9.80. The summed E-state index contributed by atoms with van der Waals surface area (Å²) in [6.45, 7) is 18.5. The Kier molecular flexibility index (Phi) is 25.0. The quantitative estimate of drug-likeness (QED) is 0.0501. The van der Waals surface area contributed by atoms with E-state index < -0.39 is 0 Å². The molecular formula is C96H124Cl4N28O4. The normalized spacial score (nSPS) is 24.8. The van der Waals surface area contributed by atoms with Crippen LogP contribution < -0.4 is 86.5 Å². The molecule has 6 aliphatic carbocycles. The SMILES string of the molecule is CNc1nccc(C2=NCc3nc(N4CCC5(CC4)C[C@@H](C)C[C@H]5N)n(C)c(=O)c32)c1Cl.C[C@@H]1CCC2(CCN(c3nc4c(c(=O)n3C)C(c3ccnc(NC5CC5)c3Cl)=NC4)CC2)[C@@H]1N.C[C@@H]1CCC2(CCN(c3nc4c(c(=O)n3C)C(c3ccnc(NCC5CC5)c3Cl)=NC4)CC2)[C@@H]1N.C[C@H]1C[C@@H](N)C2(CCN(c3nc4c(c(=O)n3C)C(c3ccnc(N)c3Cl)=NC4)CC2)C1. The smallest absolute Gasteiger partial charge is 0.264 e. The van der Waals surface area contributed by atoms with Gasteiger partial charge in [0, 0.05) is 171 Å². The van der Waals surface area contributed by atoms with E-state index in [1.54, 1.807) is 76.3 Å². The summed E-state index contributed by atoms with van der Waals surface area (Å²) < 4.78 is 6.64. The van der Waals surface area contributed by atoms with E-state index in [0.717, 1.165) is 176 Å². The van der Waals surface area contributed by atoms with Crippen molar-refractivity contribution in [2.75, 3.05) is 107 Å². The van der Waals surface area contributed by atoms with Crippen molar-refractivity contribution < 1.29 is 0 Å². The van der Waals surface area contributed by atoms with Crippen molar-refractivity contribution in [2.24, 2.45) is 122 Å². The van der Waals surface area contributed by atoms with E-state index in [9.17, 15) is 19.2 Å². The van der Waals surface area contributed by atoms with Gasteiger partial charge in [0.2, 0.25) is 23.8 Å². The number of rotatable bonds is 14. The summed E-state index contributed by atoms with van der Waals surface area (Å²) in [5.41, 5.74) is 42.8. The number of hydrogen-bond donors (Lipinski definition) is 8. The number of hydrogen-bond acceptors (Lipinski definition) is 28. The highest BCUT2D eigenvalue weighted by Gasteiger charge is 2.52. The molecule has 700 valence electrons. The zero-order chi connectivity index (χ0) is 92.5. The number of aromatic nitrogens is 12. The average Bonchev–Trinajstić information content (AvgIpc) is 1.55. The predicted molar refractivity (Wildman–Crippen MR) is 525 cm³/mol. The number of nitrogens with one attached hydrogen (secondary N) is 3. The predicted octanol–water partition coefficient (Wildman–Crippen LogP) is 11.1. The standard InChI is InChI=1S/C26H34ClN7O.C25H32ClN7O.C23H30ClN7O.C22H28ClN7O/c1-15-5-7-26(22(15)28)8-11-34(12-9-26)25-32-18-14-30-21(19(18)24(35)33(25)2)17-6-10-29-23(20(17)27)31-13-16-3-4-16;1-14-5-7-25(21(14)27)8-11-33(12-9-25)24-31-17-13-29-20(18(17)23(34)32(24)2)16-6-10-28-22(19(16)26)30-15-3-4-15;1-13-10-16(25)23(11-13)5-8-31(9-6-23)22-29-15-12-28-19(17(15)21(32)30(22)3)14-4-7-27-20(26-2)18(14)24;1-12-9-15(24)22(10-12)4-7-30(8-5-22)21-28-14-11-27-18(16(14)20(31)29(21)2)13-3-6-26-19(25)17(13)23/h6,10,15-16,22H,3-5,7-9,11-14,28H2,1-2H3,(H,29,31);6,10,14-15,21H,3-5,7-9,11-13,27H2,1-2H3,(H,28,30);4,7,13,16H,5-6,8-12,25H2,1-3H3,(H,26,27);3,6,12,15H,4-5,7-11,24H2,1-2H3,(H2,25,26)/t15-,22-;14-,21-;13-,16+;12-,15+/m1100/s1. The third kappa shape index (κ3) is 16.6. The summed E-state index contributed by atoms with van der Waals surface area (Å²) in [7, 11) is 8.95. The minimum Gasteiger partial charge on any atom is -0.382 e. The lowest BCUT2D eigenvalue weighted by atomic mass is 9.73. The number of halogens is 4. The van der Waals surface area contributed by atoms with E-state index >= 15 is 0 Å². The van der Waals surface area contributed by atoms with E-state index in [2.05, 4.69) is 93.2 Å². The number of fused-ring (bicyclic) bond motifs is 4. The van der Waals surface area contributed by atoms with E-state index in [1.165, 1.54) is 51.4 Å². The Morgan fingerprint density at radius 3 is 1.02 bits per heavy atom. The van der Waals surface area contributed by atoms with Crippen LogP contribution in [-0.4, -0.2) is 177 Å². The molecule has 36 heteroatoms. The number of anilines is 8. The minimum absolute atomic E-state index is 0.0758. The number of nitrogens with two attached hydrogens (primary N) is 5. The van der Waals surface area contributed by atoms with Gasteiger partial charge in [-0.3, -0.25) is 57.4 Å². The third-order valence-corrected chi connectivity index (χ3v) is 33.8. The number of pyridine rings is 4. The lowest BCUT2D eigenvalue weighted by molar-refractivity contribution is 0.185. The summed E-state index contributed by atoms with van der Waals surface area (Å²) in [5.74, 6) is 8.22. The fourth-order valence-electron chi connectivity index (χ4n) is 23.9. The molecule has 10 fully saturated rings. The molecule has 4 saturated heterocycles. The van der Waals surface area contributed by atoms with Gasteiger partial charge in [-0.15, -0.1) is 0 Å². The van der Waals surface area contributed by atoms with Crippen molar-refractivity contribution in [2.45, 2.75) is 212 Å². The van der Waals surface area contributed by atoms with Gasteiger partial charge in [-0.25, -0.2) is 39.9 Å². The van der Waals surface area contributed by atoms with Gasteiger partial charge in [0.15, 0.2) is 0 Å². The lowest BCUT2D eigenvalue weighted by Crippen LogP contribution is -2.49. The molecule has 8 atom stereocenters. The first-order chi connectivity index (χ1) is 63.4. The largest absolute Gasteiger partial charge is 0.382 e. The van der Waals surface area contributed by atoms with Crippen molar-refractivity contribution in [3.63, 3.8) is 0 Å². The number of piperidine rings is 4. The fraction of sp³-hybridized carbons (Fsp3) is 0.583. The first-order valence-corrected chi connectivity index (χ1v) is 49.1. The van der Waals surface area contributed by atoms with Gasteiger partial charge in [-0.05, 0) is 204 Å². The van der Waals surface area contributed by atoms with Crippen LogP contribution in [0.3, 0.4) is 0 Å². The summed E-state index contributed by atoms with van der Waals surface area (Å²) in [6.07, 6.45) is 29.3. The van der Waals surface area contributed by atoms with Crippen LogP contribution in [0.25, 0.3) is 0 Å². The van der Waals surface area contributed by atoms with Crippen molar-refractivity contribution in [3.05, 3.63) is 178 Å². The molecule has 0 amide bonds. The Morgan fingerprint density at radius 1 is 0.402 bits per heavy atom. The van der Waals surface area contributed by atoms with E-state index in [1.807, 2.05) is 26.2 Å². The van der Waals surface area contributed by atoms with Crippen molar-refractivity contribution in [3.8, 4) is 0 Å². The molecule has 0 unspecified atom stereocenters. The maximum absolute atomic E-state index is 13.6. The van der Waals surface area contributed by atoms with E-state index in [0.29, 0.717) is 173 Å². The molecule has 4 spiro atoms. The second-order valence-corrected chi connectivity index (χ2v) is 42.0. The van der Waals surface area contributed by atoms with E-state index in [4.69, 9.17) is 105 Å². The molecule has 6 saturated carbocycles. The topological polar surface area (TPSA) is 420 Å². The molecule has 0 radical (unpaired) electrons. The van der Waals surface area contributed by atoms with Crippen LogP contribution in [0.4, 0.5) is 47.1 Å². The zero-order valence-electron chi connectivity index (χ0n) is 77.2. The first kappa shape index (κ1) is 91.3. The molecule has 13 N–H and O–H groups in total. The summed E-state index contributed by atoms with van der Waals surface area (Å²) in [5, 5.41) is 11.5. The molecule has 16 heterocycles. The van der Waals surface area contributed by atoms with Crippen molar-refractivity contribution in [1.29, 1.82) is 0 Å². The second kappa shape index (κ2) is 36.1. The Balaban J connectivity index is 0.000000114. The first-order valence-electron chi connectivity index (χ1n) is 47.5. The highest BCUT2D eigenvalue weighted by molar-refractivity contribution is 6.40. The van der Waals surface area contributed by atoms with Crippen LogP contribution in [0, 0.1) is 51.2 Å². The summed E-state index contributed by atoms with van der Waals surface area (Å²) >= 11 is 26.3. The van der Waals surface area contributed by atoms with Crippen LogP contribution in [0.5, 0.6) is 0 Å². The van der Waals surface area contributed by atoms with Crippen molar-refractivity contribution >= 4 is 116 Å². The van der Waals surface area contributed by atoms with Crippen molar-refractivity contribution in [1.82, 2.24) is 58.1 Å². The minimum atomic E-state index is -0.117. The lowest BCUT2D eigenvalue weighted by Gasteiger charge is -2.43. The molecule has 8 aliphatic heterocycles. The van der Waals surface area contributed by atoms with E-state index in [-0.39, 0.29) is 73.9 Å². The zero-order valence-corrected chi connectivity index (χ0v) is 80.2. The Labute approximate surface area is 789 Å². The Bertz CT molecular complexity index is 6240. The maximum Gasteiger partial charge on any atom is 0.264 e. The number of nitrogens with zero attached hydrogens (tertiary/aromatic N) is 20. The highest BCUT2D eigenvalue weighted by Crippen LogP contribution is 2.53. The Morgan fingerprint density at radius 2 is 0.712 bits per heavy atom. The van der Waals surface area contributed by atoms with Gasteiger partial charge in [-0.1, -0.05) is 74.1 Å². The number of nitrogen functional groups attached to an aromatic ring is 1. The molecule has 22 rings (SSSR count). The maximum atomic E-state index is 13.6. The molecule has 8 aromatic rings. The van der Waals surface area contributed by atoms with Gasteiger partial charge in [-0.2, -0.15) is 0 Å². The average molecular weight is 1880 g/mol. The van der Waals surface area contributed by atoms with Gasteiger partial charge in [0.25, 0.3) is 22.2 Å². The van der Waals surface area contributed by atoms with Gasteiger partial charge in [0.1, 0.15) is 23.3 Å². The van der Waals surface area contributed by atoms with Crippen LogP contribution in [0.15, 0.2) is 88.2 Å². The van der Waals surface area contributed by atoms with Crippen LogP contribution in [0.2, 0.25) is 20.1 Å². The molecule has 0 bridgehead atoms. The van der Waals surface area contributed by atoms with Gasteiger partial charge in [0.05, 0.1) is 114 Å². The van der Waals surface area contributed by atoms with Crippen LogP contribution in [0.1, 0.15) is 223 Å². The summed E-state index contributed by atoms with van der Waals surface area (Å²) in [4.78, 5) is 118. The molecule has 132 heavy (non-hydrogen) atoms. The second-order valence-electron chi connectivity index (χ2n) is 40.4. The van der Waals surface area contributed by atoms with Crippen LogP contribution >= 0.6 is 46.4 Å². The fourth-order valence-corrected chi connectivity index (χ4v) is 24.9. The molecule has 32 nitrogen and oxygen atoms in total. The third-order valence-electron chi connectivity index (χ3n) is 32.3. The van der Waals surface area contributed by atoms with Gasteiger partial charge >= 0.3 is 0 Å². The van der Waals surface area contributed by atoms with Crippen LogP contribution in [-0.2, 0) is 54.4 Å². The molecular weight excluding hydrogens is 1750 g/mol. The molecule has 14 aliphatic rings. The number of aliphatic imine (C=N–C) groups is 4.